The zero-order valence-electron chi connectivity index (χ0n) is 16.8. The largest absolute Gasteiger partial charge is 0.416 e. The molecule has 0 spiro atoms. The highest BCUT2D eigenvalue weighted by atomic mass is 19.4. The third kappa shape index (κ3) is 4.27. The predicted octanol–water partition coefficient (Wildman–Crippen LogP) is 4.84. The Morgan fingerprint density at radius 2 is 1.38 bits per heavy atom. The molecule has 0 aliphatic carbocycles. The third-order valence-corrected chi connectivity index (χ3v) is 5.41. The van der Waals surface area contributed by atoms with E-state index in [1.165, 1.54) is 0 Å². The van der Waals surface area contributed by atoms with Gasteiger partial charge in [-0.3, -0.25) is 9.59 Å². The van der Waals surface area contributed by atoms with E-state index in [4.69, 9.17) is 5.73 Å². The van der Waals surface area contributed by atoms with Crippen molar-refractivity contribution >= 4 is 33.4 Å². The molecule has 4 nitrogen and oxygen atoms in total. The third-order valence-electron chi connectivity index (χ3n) is 5.41. The van der Waals surface area contributed by atoms with Crippen molar-refractivity contribution in [2.24, 2.45) is 5.73 Å². The molecule has 0 saturated carbocycles. The van der Waals surface area contributed by atoms with Crippen LogP contribution in [0.4, 0.5) is 13.2 Å². The number of carbonyl (C=O) groups is 2. The number of hydrogen-bond donors (Lipinski definition) is 2. The first-order valence-electron chi connectivity index (χ1n) is 9.91. The van der Waals surface area contributed by atoms with Crippen LogP contribution in [0.25, 0.3) is 21.5 Å². The smallest absolute Gasteiger partial charge is 0.368 e. The van der Waals surface area contributed by atoms with Crippen LogP contribution in [-0.2, 0) is 17.4 Å². The van der Waals surface area contributed by atoms with Gasteiger partial charge in [-0.05, 0) is 57.4 Å². The quantitative estimate of drug-likeness (QED) is 0.440. The SMILES string of the molecule is NC(=O)[C@H](Cc1c2ccccc2cc2ccccc12)NC(=O)c1ccc(C(F)(F)F)cc1. The second kappa shape index (κ2) is 8.34. The first-order chi connectivity index (χ1) is 15.2. The van der Waals surface area contributed by atoms with Gasteiger partial charge in [0.1, 0.15) is 6.04 Å². The molecule has 0 bridgehead atoms. The van der Waals surface area contributed by atoms with Crippen LogP contribution in [0.15, 0.2) is 78.9 Å². The molecule has 7 heteroatoms. The number of hydrogen-bond acceptors (Lipinski definition) is 2. The molecule has 0 fully saturated rings. The minimum Gasteiger partial charge on any atom is -0.368 e. The van der Waals surface area contributed by atoms with E-state index < -0.39 is 29.6 Å². The number of fused-ring (bicyclic) bond motifs is 2. The van der Waals surface area contributed by atoms with Crippen molar-refractivity contribution in [1.29, 1.82) is 0 Å². The number of rotatable bonds is 5. The van der Waals surface area contributed by atoms with Gasteiger partial charge >= 0.3 is 6.18 Å². The summed E-state index contributed by atoms with van der Waals surface area (Å²) in [4.78, 5) is 24.8. The Kier molecular flexibility index (Phi) is 5.57. The summed E-state index contributed by atoms with van der Waals surface area (Å²) < 4.78 is 38.3. The Balaban J connectivity index is 1.66. The second-order valence-corrected chi connectivity index (χ2v) is 7.51. The molecule has 0 aliphatic heterocycles. The molecule has 0 aromatic heterocycles. The van der Waals surface area contributed by atoms with Crippen LogP contribution in [0, 0.1) is 0 Å². The highest BCUT2D eigenvalue weighted by molar-refractivity contribution is 6.03. The molecule has 162 valence electrons. The maximum Gasteiger partial charge on any atom is 0.416 e. The molecule has 4 aromatic rings. The number of halogens is 3. The summed E-state index contributed by atoms with van der Waals surface area (Å²) >= 11 is 0. The molecule has 3 N–H and O–H groups in total. The van der Waals surface area contributed by atoms with Gasteiger partial charge in [0.15, 0.2) is 0 Å². The molecule has 1 atom stereocenters. The Bertz CT molecular complexity index is 1260. The molecule has 0 aliphatic rings. The van der Waals surface area contributed by atoms with Gasteiger partial charge in [0, 0.05) is 12.0 Å². The Morgan fingerprint density at radius 3 is 1.88 bits per heavy atom. The maximum absolute atomic E-state index is 12.8. The first-order valence-corrected chi connectivity index (χ1v) is 9.91. The standard InChI is InChI=1S/C25H19F3N2O2/c26-25(27,28)18-11-9-15(10-12-18)24(32)30-22(23(29)31)14-21-19-7-3-1-5-16(19)13-17-6-2-4-8-20(17)21/h1-13,22H,14H2,(H2,29,31)(H,30,32)/t22-/m0/s1. The Labute approximate surface area is 181 Å². The zero-order valence-corrected chi connectivity index (χ0v) is 16.8. The van der Waals surface area contributed by atoms with Gasteiger partial charge in [-0.1, -0.05) is 48.5 Å². The van der Waals surface area contributed by atoms with E-state index in [0.717, 1.165) is 51.4 Å². The molecule has 0 heterocycles. The van der Waals surface area contributed by atoms with E-state index in [0.29, 0.717) is 0 Å². The van der Waals surface area contributed by atoms with Crippen LogP contribution in [0.3, 0.4) is 0 Å². The summed E-state index contributed by atoms with van der Waals surface area (Å²) in [7, 11) is 0. The fourth-order valence-electron chi connectivity index (χ4n) is 3.81. The number of primary amides is 1. The number of amides is 2. The Morgan fingerprint density at radius 1 is 0.844 bits per heavy atom. The van der Waals surface area contributed by atoms with E-state index in [1.807, 2.05) is 54.6 Å². The van der Waals surface area contributed by atoms with Crippen LogP contribution in [-0.4, -0.2) is 17.9 Å². The average molecular weight is 436 g/mol. The summed E-state index contributed by atoms with van der Waals surface area (Å²) in [5.41, 5.74) is 5.58. The van der Waals surface area contributed by atoms with Crippen LogP contribution < -0.4 is 11.1 Å². The van der Waals surface area contributed by atoms with Crippen molar-refractivity contribution in [2.75, 3.05) is 0 Å². The minimum atomic E-state index is -4.50. The number of carbonyl (C=O) groups excluding carboxylic acids is 2. The van der Waals surface area contributed by atoms with Gasteiger partial charge in [-0.15, -0.1) is 0 Å². The summed E-state index contributed by atoms with van der Waals surface area (Å²) in [6, 6.07) is 20.2. The number of alkyl halides is 3. The number of nitrogens with one attached hydrogen (secondary N) is 1. The summed E-state index contributed by atoms with van der Waals surface area (Å²) in [5, 5.41) is 6.41. The van der Waals surface area contributed by atoms with Crippen molar-refractivity contribution in [3.05, 3.63) is 95.6 Å². The van der Waals surface area contributed by atoms with Crippen LogP contribution in [0.2, 0.25) is 0 Å². The Hall–Kier alpha value is -3.87. The highest BCUT2D eigenvalue weighted by Gasteiger charge is 2.30. The van der Waals surface area contributed by atoms with Gasteiger partial charge in [-0.25, -0.2) is 0 Å². The highest BCUT2D eigenvalue weighted by Crippen LogP contribution is 2.30. The number of nitrogens with two attached hydrogens (primary N) is 1. The fraction of sp³-hybridized carbons (Fsp3) is 0.120. The van der Waals surface area contributed by atoms with Crippen LogP contribution in [0.5, 0.6) is 0 Å². The summed E-state index contributed by atoms with van der Waals surface area (Å²) in [6.07, 6.45) is -4.36. The van der Waals surface area contributed by atoms with E-state index in [1.54, 1.807) is 0 Å². The van der Waals surface area contributed by atoms with Gasteiger partial charge in [0.05, 0.1) is 5.56 Å². The maximum atomic E-state index is 12.8. The molecule has 0 radical (unpaired) electrons. The van der Waals surface area contributed by atoms with E-state index >= 15 is 0 Å². The van der Waals surface area contributed by atoms with Crippen molar-refractivity contribution in [3.8, 4) is 0 Å². The molecule has 0 unspecified atom stereocenters. The topological polar surface area (TPSA) is 72.2 Å². The van der Waals surface area contributed by atoms with Gasteiger partial charge in [0.2, 0.25) is 5.91 Å². The lowest BCUT2D eigenvalue weighted by Gasteiger charge is -2.19. The summed E-state index contributed by atoms with van der Waals surface area (Å²) in [5.74, 6) is -1.41. The predicted molar refractivity (Wildman–Crippen MR) is 117 cm³/mol. The first kappa shape index (κ1) is 21.4. The molecule has 2 amide bonds. The zero-order chi connectivity index (χ0) is 22.9. The van der Waals surface area contributed by atoms with E-state index in [2.05, 4.69) is 5.32 Å². The fourth-order valence-corrected chi connectivity index (χ4v) is 3.81. The normalized spacial score (nSPS) is 12.6. The average Bonchev–Trinajstić information content (AvgIpc) is 2.77. The molecular formula is C25H19F3N2O2. The lowest BCUT2D eigenvalue weighted by Crippen LogP contribution is -2.45. The lowest BCUT2D eigenvalue weighted by atomic mass is 9.92. The van der Waals surface area contributed by atoms with E-state index in [-0.39, 0.29) is 12.0 Å². The van der Waals surface area contributed by atoms with Gasteiger partial charge < -0.3 is 11.1 Å². The molecule has 4 rings (SSSR count). The van der Waals surface area contributed by atoms with Crippen molar-refractivity contribution < 1.29 is 22.8 Å². The summed E-state index contributed by atoms with van der Waals surface area (Å²) in [6.45, 7) is 0. The van der Waals surface area contributed by atoms with Crippen molar-refractivity contribution in [3.63, 3.8) is 0 Å². The molecular weight excluding hydrogens is 417 g/mol. The molecule has 0 saturated heterocycles. The van der Waals surface area contributed by atoms with Crippen molar-refractivity contribution in [1.82, 2.24) is 5.32 Å². The van der Waals surface area contributed by atoms with Crippen LogP contribution >= 0.6 is 0 Å². The molecule has 32 heavy (non-hydrogen) atoms. The second-order valence-electron chi connectivity index (χ2n) is 7.51. The van der Waals surface area contributed by atoms with E-state index in [9.17, 15) is 22.8 Å². The van der Waals surface area contributed by atoms with Crippen molar-refractivity contribution in [2.45, 2.75) is 18.6 Å². The molecule has 4 aromatic carbocycles. The van der Waals surface area contributed by atoms with Gasteiger partial charge in [0.25, 0.3) is 5.91 Å². The minimum absolute atomic E-state index is 0.00651. The monoisotopic (exact) mass is 436 g/mol. The van der Waals surface area contributed by atoms with Gasteiger partial charge in [-0.2, -0.15) is 13.2 Å². The van der Waals surface area contributed by atoms with Crippen LogP contribution in [0.1, 0.15) is 21.5 Å². The lowest BCUT2D eigenvalue weighted by molar-refractivity contribution is -0.137. The number of benzene rings is 4.